The molecular formula is C20H19N5O3. The smallest absolute Gasteiger partial charge is 0.256 e. The topological polar surface area (TPSA) is 104 Å². The fourth-order valence-corrected chi connectivity index (χ4v) is 3.45. The van der Waals surface area contributed by atoms with Crippen molar-refractivity contribution in [1.29, 1.82) is 5.26 Å². The molecule has 8 heteroatoms. The summed E-state index contributed by atoms with van der Waals surface area (Å²) in [5, 5.41) is 16.7. The number of ether oxygens (including phenoxy) is 1. The lowest BCUT2D eigenvalue weighted by Gasteiger charge is -2.37. The molecule has 0 bridgehead atoms. The summed E-state index contributed by atoms with van der Waals surface area (Å²) in [5.41, 5.74) is 2.10. The first-order valence-corrected chi connectivity index (χ1v) is 8.97. The Morgan fingerprint density at radius 1 is 1.36 bits per heavy atom. The van der Waals surface area contributed by atoms with Crippen LogP contribution in [-0.4, -0.2) is 41.3 Å². The number of anilines is 2. The summed E-state index contributed by atoms with van der Waals surface area (Å²) in [6, 6.07) is 11.3. The highest BCUT2D eigenvalue weighted by molar-refractivity contribution is 5.97. The van der Waals surface area contributed by atoms with Gasteiger partial charge in [-0.1, -0.05) is 5.16 Å². The number of amides is 1. The number of aromatic nitrogens is 2. The van der Waals surface area contributed by atoms with Crippen LogP contribution in [-0.2, 0) is 9.53 Å². The molecule has 0 aliphatic carbocycles. The first kappa shape index (κ1) is 17.9. The van der Waals surface area contributed by atoms with Crippen molar-refractivity contribution < 1.29 is 14.1 Å². The second-order valence-corrected chi connectivity index (χ2v) is 6.80. The predicted molar refractivity (Wildman–Crippen MR) is 103 cm³/mol. The monoisotopic (exact) mass is 377 g/mol. The standard InChI is InChI=1S/C20H19N5O3/c1-12-8-18(24-28-12)23-20(26)17-11-25(10-13(2)27-17)16-6-5-14(9-21)19-15(16)4-3-7-22-19/h3-8,13,17H,10-11H2,1-2H3,(H,23,24,26)/t13-,17-/m1/s1. The summed E-state index contributed by atoms with van der Waals surface area (Å²) in [6.07, 6.45) is 0.861. The molecule has 0 radical (unpaired) electrons. The second-order valence-electron chi connectivity index (χ2n) is 6.80. The summed E-state index contributed by atoms with van der Waals surface area (Å²) in [7, 11) is 0. The minimum absolute atomic E-state index is 0.147. The van der Waals surface area contributed by atoms with Crippen molar-refractivity contribution in [2.75, 3.05) is 23.3 Å². The van der Waals surface area contributed by atoms with Crippen LogP contribution < -0.4 is 10.2 Å². The normalized spacial score (nSPS) is 19.4. The van der Waals surface area contributed by atoms with Crippen LogP contribution in [0.1, 0.15) is 18.2 Å². The van der Waals surface area contributed by atoms with Gasteiger partial charge < -0.3 is 19.5 Å². The second kappa shape index (κ2) is 7.29. The van der Waals surface area contributed by atoms with Gasteiger partial charge in [0.2, 0.25) is 0 Å². The van der Waals surface area contributed by atoms with E-state index in [-0.39, 0.29) is 12.0 Å². The highest BCUT2D eigenvalue weighted by atomic mass is 16.5. The van der Waals surface area contributed by atoms with E-state index in [2.05, 4.69) is 26.4 Å². The van der Waals surface area contributed by atoms with E-state index in [4.69, 9.17) is 9.26 Å². The minimum Gasteiger partial charge on any atom is -0.365 e. The average Bonchev–Trinajstić information content (AvgIpc) is 3.11. The Morgan fingerprint density at radius 3 is 2.96 bits per heavy atom. The summed E-state index contributed by atoms with van der Waals surface area (Å²) in [4.78, 5) is 19.1. The van der Waals surface area contributed by atoms with Crippen LogP contribution in [0, 0.1) is 18.3 Å². The average molecular weight is 377 g/mol. The molecule has 1 saturated heterocycles. The zero-order valence-electron chi connectivity index (χ0n) is 15.5. The zero-order valence-corrected chi connectivity index (χ0v) is 15.5. The molecule has 2 aromatic heterocycles. The maximum Gasteiger partial charge on any atom is 0.256 e. The van der Waals surface area contributed by atoms with Gasteiger partial charge in [0.1, 0.15) is 11.8 Å². The van der Waals surface area contributed by atoms with E-state index >= 15 is 0 Å². The van der Waals surface area contributed by atoms with E-state index in [1.54, 1.807) is 25.3 Å². The van der Waals surface area contributed by atoms with Gasteiger partial charge in [0.15, 0.2) is 11.9 Å². The maximum atomic E-state index is 12.7. The largest absolute Gasteiger partial charge is 0.365 e. The van der Waals surface area contributed by atoms with Gasteiger partial charge in [-0.2, -0.15) is 5.26 Å². The van der Waals surface area contributed by atoms with E-state index < -0.39 is 6.10 Å². The number of nitrogens with one attached hydrogen (secondary N) is 1. The summed E-state index contributed by atoms with van der Waals surface area (Å²) in [6.45, 7) is 4.69. The fraction of sp³-hybridized carbons (Fsp3) is 0.300. The molecule has 142 valence electrons. The molecule has 3 heterocycles. The lowest BCUT2D eigenvalue weighted by atomic mass is 10.1. The number of nitriles is 1. The number of pyridine rings is 1. The first-order chi connectivity index (χ1) is 13.5. The van der Waals surface area contributed by atoms with Crippen LogP contribution in [0.25, 0.3) is 10.9 Å². The lowest BCUT2D eigenvalue weighted by molar-refractivity contribution is -0.131. The van der Waals surface area contributed by atoms with Crippen molar-refractivity contribution in [3.63, 3.8) is 0 Å². The zero-order chi connectivity index (χ0) is 19.7. The van der Waals surface area contributed by atoms with E-state index in [1.165, 1.54) is 0 Å². The molecule has 0 unspecified atom stereocenters. The number of fused-ring (bicyclic) bond motifs is 1. The minimum atomic E-state index is -0.664. The van der Waals surface area contributed by atoms with Gasteiger partial charge in [-0.3, -0.25) is 9.78 Å². The van der Waals surface area contributed by atoms with Crippen molar-refractivity contribution in [3.8, 4) is 6.07 Å². The van der Waals surface area contributed by atoms with Crippen LogP contribution in [0.5, 0.6) is 0 Å². The number of aryl methyl sites for hydroxylation is 1. The number of benzene rings is 1. The SMILES string of the molecule is Cc1cc(NC(=O)[C@H]2CN(c3ccc(C#N)c4ncccc34)C[C@@H](C)O2)no1. The Labute approximate surface area is 161 Å². The number of morpholine rings is 1. The van der Waals surface area contributed by atoms with E-state index in [1.807, 2.05) is 25.1 Å². The molecule has 1 N–H and O–H groups in total. The van der Waals surface area contributed by atoms with Crippen molar-refractivity contribution >= 4 is 28.3 Å². The van der Waals surface area contributed by atoms with Crippen molar-refractivity contribution in [3.05, 3.63) is 47.9 Å². The Balaban J connectivity index is 1.61. The third kappa shape index (κ3) is 3.40. The molecule has 1 amide bonds. The van der Waals surface area contributed by atoms with Gasteiger partial charge in [0.25, 0.3) is 5.91 Å². The van der Waals surface area contributed by atoms with Gasteiger partial charge in [0.05, 0.1) is 23.7 Å². The molecule has 2 atom stereocenters. The van der Waals surface area contributed by atoms with Crippen LogP contribution in [0.15, 0.2) is 41.1 Å². The molecule has 0 spiro atoms. The Hall–Kier alpha value is -3.44. The number of rotatable bonds is 3. The Kier molecular flexibility index (Phi) is 4.67. The van der Waals surface area contributed by atoms with Gasteiger partial charge in [-0.25, -0.2) is 0 Å². The van der Waals surface area contributed by atoms with E-state index in [0.29, 0.717) is 35.7 Å². The number of hydrogen-bond acceptors (Lipinski definition) is 7. The molecule has 28 heavy (non-hydrogen) atoms. The molecule has 1 fully saturated rings. The van der Waals surface area contributed by atoms with E-state index in [0.717, 1.165) is 11.1 Å². The van der Waals surface area contributed by atoms with Gasteiger partial charge in [-0.05, 0) is 38.1 Å². The van der Waals surface area contributed by atoms with Crippen molar-refractivity contribution in [2.24, 2.45) is 0 Å². The number of carbonyl (C=O) groups is 1. The number of nitrogens with zero attached hydrogens (tertiary/aromatic N) is 4. The number of hydrogen-bond donors (Lipinski definition) is 1. The quantitative estimate of drug-likeness (QED) is 0.748. The van der Waals surface area contributed by atoms with Crippen molar-refractivity contribution in [2.45, 2.75) is 26.1 Å². The van der Waals surface area contributed by atoms with Gasteiger partial charge in [0, 0.05) is 29.9 Å². The third-order valence-corrected chi connectivity index (χ3v) is 4.64. The maximum absolute atomic E-state index is 12.7. The highest BCUT2D eigenvalue weighted by Crippen LogP contribution is 2.30. The summed E-state index contributed by atoms with van der Waals surface area (Å²) in [5.74, 6) is 0.705. The Bertz CT molecular complexity index is 1070. The first-order valence-electron chi connectivity index (χ1n) is 8.97. The lowest BCUT2D eigenvalue weighted by Crippen LogP contribution is -2.51. The van der Waals surface area contributed by atoms with Gasteiger partial charge >= 0.3 is 0 Å². The molecule has 1 aromatic carbocycles. The molecular weight excluding hydrogens is 358 g/mol. The molecule has 8 nitrogen and oxygen atoms in total. The fourth-order valence-electron chi connectivity index (χ4n) is 3.45. The van der Waals surface area contributed by atoms with Gasteiger partial charge in [-0.15, -0.1) is 0 Å². The summed E-state index contributed by atoms with van der Waals surface area (Å²) < 4.78 is 10.8. The van der Waals surface area contributed by atoms with E-state index in [9.17, 15) is 10.1 Å². The Morgan fingerprint density at radius 2 is 2.21 bits per heavy atom. The van der Waals surface area contributed by atoms with Crippen LogP contribution in [0.2, 0.25) is 0 Å². The summed E-state index contributed by atoms with van der Waals surface area (Å²) >= 11 is 0. The van der Waals surface area contributed by atoms with Crippen molar-refractivity contribution in [1.82, 2.24) is 10.1 Å². The third-order valence-electron chi connectivity index (χ3n) is 4.64. The molecule has 4 rings (SSSR count). The van der Waals surface area contributed by atoms with Crippen LogP contribution in [0.4, 0.5) is 11.5 Å². The van der Waals surface area contributed by atoms with Crippen LogP contribution in [0.3, 0.4) is 0 Å². The molecule has 0 saturated carbocycles. The molecule has 1 aliphatic rings. The van der Waals surface area contributed by atoms with Crippen LogP contribution >= 0.6 is 0 Å². The predicted octanol–water partition coefficient (Wildman–Crippen LogP) is 2.64. The molecule has 3 aromatic rings. The number of carbonyl (C=O) groups excluding carboxylic acids is 1. The molecule has 1 aliphatic heterocycles. The highest BCUT2D eigenvalue weighted by Gasteiger charge is 2.32.